The van der Waals surface area contributed by atoms with Crippen molar-refractivity contribution in [1.82, 2.24) is 0 Å². The topological polar surface area (TPSA) is 40.9 Å². The number of amides is 1. The summed E-state index contributed by atoms with van der Waals surface area (Å²) >= 11 is 0. The first-order valence-electron chi connectivity index (χ1n) is 10.8. The van der Waals surface area contributed by atoms with Crippen LogP contribution < -0.4 is 35.2 Å². The Bertz CT molecular complexity index is 1210. The summed E-state index contributed by atoms with van der Waals surface area (Å²) in [5, 5.41) is 5.46. The van der Waals surface area contributed by atoms with Crippen LogP contribution in [0.15, 0.2) is 121 Å². The maximum absolute atomic E-state index is 10.8. The molecule has 0 aliphatic heterocycles. The van der Waals surface area contributed by atoms with Crippen molar-refractivity contribution >= 4 is 36.6 Å². The largest absolute Gasteiger partial charge is 4.00 e. The maximum Gasteiger partial charge on any atom is 4.00 e. The van der Waals surface area contributed by atoms with E-state index in [-0.39, 0.29) is 51.0 Å². The quantitative estimate of drug-likeness (QED) is 0.217. The average molecular weight is 608 g/mol. The van der Waals surface area contributed by atoms with E-state index in [9.17, 15) is 4.79 Å². The van der Waals surface area contributed by atoms with Crippen LogP contribution in [-0.4, -0.2) is 15.4 Å². The van der Waals surface area contributed by atoms with Gasteiger partial charge in [-0.1, -0.05) is 95.3 Å². The summed E-state index contributed by atoms with van der Waals surface area (Å²) in [6, 6.07) is 41.4. The number of fused-ring (bicyclic) bond motifs is 1. The number of rotatable bonds is 3. The summed E-state index contributed by atoms with van der Waals surface area (Å²) in [4.78, 5) is 10.8. The van der Waals surface area contributed by atoms with Gasteiger partial charge < -0.3 is 35.3 Å². The van der Waals surface area contributed by atoms with E-state index in [4.69, 9.17) is 5.73 Å². The molecule has 5 aromatic carbocycles. The van der Waals surface area contributed by atoms with E-state index in [0.717, 1.165) is 20.6 Å². The Balaban J connectivity index is 0.000000497. The molecule has 0 unspecified atom stereocenters. The van der Waals surface area contributed by atoms with Crippen LogP contribution in [0.25, 0.3) is 16.5 Å². The van der Waals surface area contributed by atoms with Crippen molar-refractivity contribution in [1.29, 1.82) is 0 Å². The first-order valence-corrected chi connectivity index (χ1v) is 11.8. The molecule has 5 rings (SSSR count). The normalized spacial score (nSPS) is 9.06. The van der Waals surface area contributed by atoms with Crippen LogP contribution in [-0.2, 0) is 26.2 Å². The first kappa shape index (κ1) is 33.6. The number of carbonyl (C=O) groups excluding carboxylic acids is 1. The van der Waals surface area contributed by atoms with Crippen molar-refractivity contribution in [3.63, 3.8) is 0 Å². The summed E-state index contributed by atoms with van der Waals surface area (Å²) in [6.45, 7) is 3.68. The standard InChI is InChI=1S/C12H10Si.C9H11NO.C9H7.2ClH.Zr/c1-3-7-11(8-4-1)13-12-9-5-2-6-10-12;1-6-4-3-5-7(2)8(6)9(10)11;1-2-5-9-7-3-6-8(9)4-1;;;/h1-10H;3-5H,1-2H3,(H2,10,11);1-7H;2*1H;/q;;-1;;;+4/p-3. The SMILES string of the molecule is Cc1cccc(C)c1C([NH-])=O.[Cl-].[Cl-].[Zr+4].c1ccc([Si]c2ccccc2)cc1.c1ccc2[cH-]ccc2c1. The van der Waals surface area contributed by atoms with Gasteiger partial charge in [-0.2, -0.15) is 17.5 Å². The Hall–Kier alpha value is -2.36. The van der Waals surface area contributed by atoms with Gasteiger partial charge in [-0.25, -0.2) is 0 Å². The molecule has 5 aromatic rings. The molecule has 180 valence electrons. The Morgan fingerprint density at radius 1 is 0.667 bits per heavy atom. The number of carbonyl (C=O) groups is 1. The Morgan fingerprint density at radius 2 is 1.14 bits per heavy atom. The van der Waals surface area contributed by atoms with Gasteiger partial charge in [0.15, 0.2) is 0 Å². The second-order valence-corrected chi connectivity index (χ2v) is 9.01. The Morgan fingerprint density at radius 3 is 1.58 bits per heavy atom. The van der Waals surface area contributed by atoms with Crippen LogP contribution in [0, 0.1) is 13.8 Å². The summed E-state index contributed by atoms with van der Waals surface area (Å²) in [6.07, 6.45) is 0. The zero-order valence-electron chi connectivity index (χ0n) is 20.2. The number of hydrogen-bond donors (Lipinski definition) is 0. The molecule has 0 saturated heterocycles. The van der Waals surface area contributed by atoms with E-state index in [1.807, 2.05) is 32.0 Å². The molecule has 0 spiro atoms. The molecular weight excluding hydrogens is 581 g/mol. The van der Waals surface area contributed by atoms with Crippen molar-refractivity contribution in [2.45, 2.75) is 13.8 Å². The van der Waals surface area contributed by atoms with E-state index in [1.165, 1.54) is 21.1 Å². The van der Waals surface area contributed by atoms with Gasteiger partial charge in [-0.3, -0.25) is 0 Å². The zero-order valence-corrected chi connectivity index (χ0v) is 25.2. The molecule has 0 heterocycles. The van der Waals surface area contributed by atoms with Crippen molar-refractivity contribution in [2.24, 2.45) is 0 Å². The van der Waals surface area contributed by atoms with Gasteiger partial charge in [0.1, 0.15) is 9.52 Å². The molecule has 6 heteroatoms. The smallest absolute Gasteiger partial charge is 1.00 e. The summed E-state index contributed by atoms with van der Waals surface area (Å²) < 4.78 is 0. The fraction of sp³-hybridized carbons (Fsp3) is 0.0667. The Labute approximate surface area is 248 Å². The van der Waals surface area contributed by atoms with Crippen LogP contribution in [0.3, 0.4) is 0 Å². The third-order valence-electron chi connectivity index (χ3n) is 5.09. The Kier molecular flexibility index (Phi) is 16.8. The number of aryl methyl sites for hydroxylation is 2. The predicted octanol–water partition coefficient (Wildman–Crippen LogP) is 0.402. The molecule has 2 nitrogen and oxygen atoms in total. The van der Waals surface area contributed by atoms with Crippen LogP contribution in [0.1, 0.15) is 21.5 Å². The van der Waals surface area contributed by atoms with E-state index in [0.29, 0.717) is 5.56 Å². The fourth-order valence-corrected chi connectivity index (χ4v) is 4.50. The maximum atomic E-state index is 10.8. The number of nitrogens with one attached hydrogen (secondary N) is 1. The molecule has 1 N–H and O–H groups in total. The summed E-state index contributed by atoms with van der Waals surface area (Å²) in [7, 11) is 0.777. The number of hydrogen-bond acceptors (Lipinski definition) is 1. The van der Waals surface area contributed by atoms with Gasteiger partial charge in [0.25, 0.3) is 0 Å². The van der Waals surface area contributed by atoms with Crippen LogP contribution in [0.2, 0.25) is 0 Å². The van der Waals surface area contributed by atoms with E-state index in [1.54, 1.807) is 0 Å². The first-order chi connectivity index (χ1) is 16.0. The van der Waals surface area contributed by atoms with Gasteiger partial charge in [-0.15, -0.1) is 29.7 Å². The number of benzene rings is 4. The second-order valence-electron chi connectivity index (χ2n) is 7.61. The molecule has 0 aliphatic rings. The van der Waals surface area contributed by atoms with Crippen molar-refractivity contribution in [3.05, 3.63) is 144 Å². The molecule has 36 heavy (non-hydrogen) atoms. The minimum absolute atomic E-state index is 0. The predicted molar refractivity (Wildman–Crippen MR) is 142 cm³/mol. The third-order valence-corrected chi connectivity index (χ3v) is 6.34. The number of halogens is 2. The van der Waals surface area contributed by atoms with Crippen LogP contribution >= 0.6 is 0 Å². The minimum atomic E-state index is -0.597. The molecule has 1 amide bonds. The van der Waals surface area contributed by atoms with Gasteiger partial charge in [0.05, 0.1) is 5.91 Å². The molecule has 0 bridgehead atoms. The molecular formula is C30H27Cl2NOSiZr. The third kappa shape index (κ3) is 10.7. The monoisotopic (exact) mass is 605 g/mol. The van der Waals surface area contributed by atoms with Gasteiger partial charge >= 0.3 is 26.2 Å². The van der Waals surface area contributed by atoms with Crippen molar-refractivity contribution < 1.29 is 55.8 Å². The van der Waals surface area contributed by atoms with Crippen molar-refractivity contribution in [2.75, 3.05) is 0 Å². The summed E-state index contributed by atoms with van der Waals surface area (Å²) in [5.41, 5.74) is 9.26. The van der Waals surface area contributed by atoms with Crippen LogP contribution in [0.5, 0.6) is 0 Å². The minimum Gasteiger partial charge on any atom is -1.00 e. The molecule has 0 fully saturated rings. The van der Waals surface area contributed by atoms with E-state index >= 15 is 0 Å². The van der Waals surface area contributed by atoms with Gasteiger partial charge in [0, 0.05) is 5.56 Å². The second kappa shape index (κ2) is 18.0. The molecule has 0 saturated carbocycles. The van der Waals surface area contributed by atoms with Crippen molar-refractivity contribution in [3.8, 4) is 0 Å². The zero-order chi connectivity index (χ0) is 23.5. The summed E-state index contributed by atoms with van der Waals surface area (Å²) in [5.74, 6) is -0.597. The van der Waals surface area contributed by atoms with Crippen LogP contribution in [0.4, 0.5) is 0 Å². The average Bonchev–Trinajstić information content (AvgIpc) is 3.30. The molecule has 2 radical (unpaired) electrons. The fourth-order valence-electron chi connectivity index (χ4n) is 3.45. The van der Waals surface area contributed by atoms with Gasteiger partial charge in [0.2, 0.25) is 0 Å². The van der Waals surface area contributed by atoms with E-state index in [2.05, 4.69) is 103 Å². The van der Waals surface area contributed by atoms with Gasteiger partial charge in [-0.05, 0) is 25.0 Å². The molecule has 0 aliphatic carbocycles. The molecule has 0 aromatic heterocycles. The molecule has 0 atom stereocenters. The van der Waals surface area contributed by atoms with E-state index < -0.39 is 5.91 Å².